The second-order valence-corrected chi connectivity index (χ2v) is 5.54. The minimum absolute atomic E-state index is 0.485. The topological polar surface area (TPSA) is 35.5 Å². The average Bonchev–Trinajstić information content (AvgIpc) is 2.41. The average molecular weight is 270 g/mol. The van der Waals surface area contributed by atoms with Crippen LogP contribution in [-0.4, -0.2) is 19.4 Å². The molecule has 0 saturated carbocycles. The second-order valence-electron chi connectivity index (χ2n) is 5.54. The maximum atomic E-state index is 11.2. The molecule has 1 aliphatic heterocycles. The second kappa shape index (κ2) is 12.3. The number of carbonyl (C=O) groups is 1. The van der Waals surface area contributed by atoms with E-state index in [4.69, 9.17) is 9.47 Å². The highest BCUT2D eigenvalue weighted by Gasteiger charge is 2.03. The van der Waals surface area contributed by atoms with Crippen LogP contribution < -0.4 is 0 Å². The summed E-state index contributed by atoms with van der Waals surface area (Å²) in [5, 5.41) is 0. The van der Waals surface area contributed by atoms with Crippen LogP contribution in [0.5, 0.6) is 0 Å². The zero-order valence-corrected chi connectivity index (χ0v) is 12.3. The van der Waals surface area contributed by atoms with E-state index >= 15 is 0 Å². The van der Waals surface area contributed by atoms with Gasteiger partial charge in [-0.15, -0.1) is 0 Å². The van der Waals surface area contributed by atoms with E-state index in [-0.39, 0.29) is 0 Å². The van der Waals surface area contributed by atoms with Crippen molar-refractivity contribution in [2.75, 3.05) is 13.2 Å². The van der Waals surface area contributed by atoms with E-state index in [1.165, 1.54) is 57.8 Å². The molecule has 1 aliphatic rings. The first-order valence-electron chi connectivity index (χ1n) is 8.19. The summed E-state index contributed by atoms with van der Waals surface area (Å²) in [6, 6.07) is 0. The van der Waals surface area contributed by atoms with Gasteiger partial charge >= 0.3 is 6.16 Å². The van der Waals surface area contributed by atoms with Crippen molar-refractivity contribution in [1.82, 2.24) is 0 Å². The van der Waals surface area contributed by atoms with Crippen molar-refractivity contribution in [3.8, 4) is 0 Å². The lowest BCUT2D eigenvalue weighted by Crippen LogP contribution is -2.09. The van der Waals surface area contributed by atoms with Gasteiger partial charge in [-0.05, 0) is 12.8 Å². The Hall–Kier alpha value is -0.730. The standard InChI is InChI=1S/C16H30O3/c17-16-18-14-12-10-8-6-4-2-1-3-5-7-9-11-13-15-19-16/h1-15H2. The van der Waals surface area contributed by atoms with Crippen LogP contribution in [0, 0.1) is 0 Å². The molecule has 0 aromatic heterocycles. The van der Waals surface area contributed by atoms with Crippen LogP contribution in [0.25, 0.3) is 0 Å². The van der Waals surface area contributed by atoms with E-state index in [1.54, 1.807) is 0 Å². The number of cyclic esters (lactones) is 2. The molecule has 0 atom stereocenters. The maximum Gasteiger partial charge on any atom is 0.508 e. The number of hydrogen-bond acceptors (Lipinski definition) is 3. The molecule has 3 heteroatoms. The quantitative estimate of drug-likeness (QED) is 0.566. The number of ether oxygens (including phenoxy) is 2. The Morgan fingerprint density at radius 1 is 0.474 bits per heavy atom. The van der Waals surface area contributed by atoms with Crippen LogP contribution in [0.2, 0.25) is 0 Å². The molecule has 0 N–H and O–H groups in total. The minimum Gasteiger partial charge on any atom is -0.434 e. The molecule has 19 heavy (non-hydrogen) atoms. The highest BCUT2D eigenvalue weighted by molar-refractivity contribution is 5.59. The van der Waals surface area contributed by atoms with Gasteiger partial charge in [0, 0.05) is 0 Å². The summed E-state index contributed by atoms with van der Waals surface area (Å²) in [5.74, 6) is 0. The van der Waals surface area contributed by atoms with Gasteiger partial charge in [-0.1, -0.05) is 70.6 Å². The van der Waals surface area contributed by atoms with Gasteiger partial charge in [-0.2, -0.15) is 0 Å². The first-order chi connectivity index (χ1) is 9.39. The first kappa shape index (κ1) is 16.3. The first-order valence-corrected chi connectivity index (χ1v) is 8.19. The van der Waals surface area contributed by atoms with Crippen molar-refractivity contribution in [2.45, 2.75) is 83.5 Å². The maximum absolute atomic E-state index is 11.2. The monoisotopic (exact) mass is 270 g/mol. The third-order valence-corrected chi connectivity index (χ3v) is 3.73. The molecule has 1 rings (SSSR count). The van der Waals surface area contributed by atoms with Crippen LogP contribution in [0.1, 0.15) is 83.5 Å². The lowest BCUT2D eigenvalue weighted by atomic mass is 10.0. The summed E-state index contributed by atoms with van der Waals surface area (Å²) in [7, 11) is 0. The van der Waals surface area contributed by atoms with E-state index in [1.807, 2.05) is 0 Å². The summed E-state index contributed by atoms with van der Waals surface area (Å²) < 4.78 is 10.1. The van der Waals surface area contributed by atoms with Crippen LogP contribution in [0.4, 0.5) is 4.79 Å². The van der Waals surface area contributed by atoms with E-state index in [0.29, 0.717) is 13.2 Å². The predicted octanol–water partition coefficient (Wildman–Crippen LogP) is 5.22. The summed E-state index contributed by atoms with van der Waals surface area (Å²) >= 11 is 0. The van der Waals surface area contributed by atoms with Crippen LogP contribution in [0.15, 0.2) is 0 Å². The summed E-state index contributed by atoms with van der Waals surface area (Å²) in [5.41, 5.74) is 0. The molecular formula is C16H30O3. The molecule has 0 aromatic rings. The minimum atomic E-state index is -0.485. The van der Waals surface area contributed by atoms with Crippen molar-refractivity contribution >= 4 is 6.16 Å². The molecule has 0 aromatic carbocycles. The molecule has 3 nitrogen and oxygen atoms in total. The molecule has 0 aliphatic carbocycles. The van der Waals surface area contributed by atoms with Gasteiger partial charge in [0.05, 0.1) is 13.2 Å². The Morgan fingerprint density at radius 3 is 1.05 bits per heavy atom. The number of rotatable bonds is 0. The van der Waals surface area contributed by atoms with E-state index in [9.17, 15) is 4.79 Å². The molecule has 1 fully saturated rings. The van der Waals surface area contributed by atoms with Crippen molar-refractivity contribution in [2.24, 2.45) is 0 Å². The fourth-order valence-electron chi connectivity index (χ4n) is 2.50. The number of hydrogen-bond donors (Lipinski definition) is 0. The molecule has 1 heterocycles. The fraction of sp³-hybridized carbons (Fsp3) is 0.938. The van der Waals surface area contributed by atoms with E-state index < -0.39 is 6.16 Å². The highest BCUT2D eigenvalue weighted by Crippen LogP contribution is 2.13. The van der Waals surface area contributed by atoms with Gasteiger partial charge in [-0.3, -0.25) is 0 Å². The molecule has 0 bridgehead atoms. The third kappa shape index (κ3) is 10.8. The lowest BCUT2D eigenvalue weighted by Gasteiger charge is -2.07. The summed E-state index contributed by atoms with van der Waals surface area (Å²) in [4.78, 5) is 11.2. The SMILES string of the molecule is O=C1OCCCCCCCCCCCCCCCO1. The lowest BCUT2D eigenvalue weighted by molar-refractivity contribution is 0.0529. The fourth-order valence-corrected chi connectivity index (χ4v) is 2.50. The van der Waals surface area contributed by atoms with Crippen molar-refractivity contribution in [1.29, 1.82) is 0 Å². The van der Waals surface area contributed by atoms with Crippen molar-refractivity contribution < 1.29 is 14.3 Å². The van der Waals surface area contributed by atoms with Gasteiger partial charge in [0.15, 0.2) is 0 Å². The van der Waals surface area contributed by atoms with Gasteiger partial charge in [0.1, 0.15) is 0 Å². The zero-order chi connectivity index (χ0) is 13.6. The van der Waals surface area contributed by atoms with Crippen LogP contribution >= 0.6 is 0 Å². The predicted molar refractivity (Wildman–Crippen MR) is 77.3 cm³/mol. The highest BCUT2D eigenvalue weighted by atomic mass is 16.7. The van der Waals surface area contributed by atoms with Gasteiger partial charge in [0.2, 0.25) is 0 Å². The third-order valence-electron chi connectivity index (χ3n) is 3.73. The normalized spacial score (nSPS) is 22.6. The Balaban J connectivity index is 2.10. The smallest absolute Gasteiger partial charge is 0.434 e. The van der Waals surface area contributed by atoms with Gasteiger partial charge in [-0.25, -0.2) is 4.79 Å². The molecule has 112 valence electrons. The Labute approximate surface area is 118 Å². The Morgan fingerprint density at radius 2 is 0.737 bits per heavy atom. The molecule has 0 radical (unpaired) electrons. The Bertz CT molecular complexity index is 196. The summed E-state index contributed by atoms with van der Waals surface area (Å²) in [6.45, 7) is 1.03. The Kier molecular flexibility index (Phi) is 10.6. The molecule has 0 unspecified atom stereocenters. The molecular weight excluding hydrogens is 240 g/mol. The molecule has 0 spiro atoms. The van der Waals surface area contributed by atoms with Gasteiger partial charge < -0.3 is 9.47 Å². The van der Waals surface area contributed by atoms with Crippen molar-refractivity contribution in [3.63, 3.8) is 0 Å². The number of carbonyl (C=O) groups excluding carboxylic acids is 1. The zero-order valence-electron chi connectivity index (χ0n) is 12.3. The summed E-state index contributed by atoms with van der Waals surface area (Å²) in [6.07, 6.45) is 15.9. The van der Waals surface area contributed by atoms with E-state index in [2.05, 4.69) is 0 Å². The largest absolute Gasteiger partial charge is 0.508 e. The van der Waals surface area contributed by atoms with Gasteiger partial charge in [0.25, 0.3) is 0 Å². The van der Waals surface area contributed by atoms with Crippen LogP contribution in [-0.2, 0) is 9.47 Å². The van der Waals surface area contributed by atoms with Crippen LogP contribution in [0.3, 0.4) is 0 Å². The van der Waals surface area contributed by atoms with Crippen molar-refractivity contribution in [3.05, 3.63) is 0 Å². The van der Waals surface area contributed by atoms with E-state index in [0.717, 1.165) is 25.7 Å². The molecule has 1 saturated heterocycles. The molecule has 0 amide bonds.